The van der Waals surface area contributed by atoms with Crippen molar-refractivity contribution in [3.63, 3.8) is 0 Å². The summed E-state index contributed by atoms with van der Waals surface area (Å²) in [6.07, 6.45) is 0.707. The van der Waals surface area contributed by atoms with Crippen molar-refractivity contribution < 1.29 is 9.50 Å². The van der Waals surface area contributed by atoms with Crippen molar-refractivity contribution in [2.24, 2.45) is 0 Å². The third kappa shape index (κ3) is 1.06. The molecule has 0 unspecified atom stereocenters. The first-order valence-corrected chi connectivity index (χ1v) is 3.99. The van der Waals surface area contributed by atoms with Crippen molar-refractivity contribution in [3.8, 4) is 5.75 Å². The number of nitrogens with one attached hydrogen (secondary N) is 1. The van der Waals surface area contributed by atoms with Crippen molar-refractivity contribution in [3.05, 3.63) is 29.1 Å². The molecule has 0 aromatic heterocycles. The van der Waals surface area contributed by atoms with Crippen LogP contribution in [0.1, 0.15) is 11.1 Å². The lowest BCUT2D eigenvalue weighted by atomic mass is 10.00. The van der Waals surface area contributed by atoms with Gasteiger partial charge in [-0.1, -0.05) is 0 Å². The van der Waals surface area contributed by atoms with E-state index >= 15 is 0 Å². The lowest BCUT2D eigenvalue weighted by molar-refractivity contribution is 0.454. The quantitative estimate of drug-likeness (QED) is 0.608. The lowest BCUT2D eigenvalue weighted by Crippen LogP contribution is -2.24. The van der Waals surface area contributed by atoms with Gasteiger partial charge in [0.25, 0.3) is 0 Å². The average molecular weight is 167 g/mol. The largest absolute Gasteiger partial charge is 0.508 e. The summed E-state index contributed by atoms with van der Waals surface area (Å²) in [6, 6.07) is 2.72. The Labute approximate surface area is 70.0 Å². The van der Waals surface area contributed by atoms with E-state index in [1.807, 2.05) is 0 Å². The van der Waals surface area contributed by atoms with Gasteiger partial charge >= 0.3 is 0 Å². The standard InChI is InChI=1S/C9H10FNO/c10-8-1-2-9(12)6-3-4-11-5-7(6)8/h1-2,11-12H,3-5H2. The number of benzene rings is 1. The molecule has 0 spiro atoms. The van der Waals surface area contributed by atoms with Crippen molar-refractivity contribution in [2.75, 3.05) is 6.54 Å². The molecule has 2 nitrogen and oxygen atoms in total. The summed E-state index contributed by atoms with van der Waals surface area (Å²) in [5.41, 5.74) is 1.37. The Balaban J connectivity index is 2.57. The molecule has 0 atom stereocenters. The molecule has 1 aliphatic rings. The molecule has 3 heteroatoms. The van der Waals surface area contributed by atoms with Crippen LogP contribution in [-0.2, 0) is 13.0 Å². The molecule has 1 aromatic rings. The van der Waals surface area contributed by atoms with E-state index in [-0.39, 0.29) is 11.6 Å². The Morgan fingerprint density at radius 3 is 2.92 bits per heavy atom. The molecule has 0 amide bonds. The van der Waals surface area contributed by atoms with Crippen LogP contribution < -0.4 is 5.32 Å². The van der Waals surface area contributed by atoms with Crippen LogP contribution in [0.25, 0.3) is 0 Å². The molecule has 2 rings (SSSR count). The highest BCUT2D eigenvalue weighted by Gasteiger charge is 2.15. The van der Waals surface area contributed by atoms with Gasteiger partial charge in [0.05, 0.1) is 0 Å². The minimum atomic E-state index is -0.227. The van der Waals surface area contributed by atoms with Gasteiger partial charge in [-0.15, -0.1) is 0 Å². The van der Waals surface area contributed by atoms with E-state index in [0.29, 0.717) is 18.5 Å². The van der Waals surface area contributed by atoms with Crippen molar-refractivity contribution in [2.45, 2.75) is 13.0 Å². The summed E-state index contributed by atoms with van der Waals surface area (Å²) in [6.45, 7) is 1.33. The maximum absolute atomic E-state index is 13.1. The summed E-state index contributed by atoms with van der Waals surface area (Å²) in [5.74, 6) is -0.0112. The van der Waals surface area contributed by atoms with Crippen molar-refractivity contribution >= 4 is 0 Å². The maximum Gasteiger partial charge on any atom is 0.128 e. The maximum atomic E-state index is 13.1. The van der Waals surface area contributed by atoms with Gasteiger partial charge in [-0.25, -0.2) is 4.39 Å². The molecule has 0 saturated carbocycles. The van der Waals surface area contributed by atoms with Crippen LogP contribution in [0.4, 0.5) is 4.39 Å². The van der Waals surface area contributed by atoms with Gasteiger partial charge in [0, 0.05) is 17.7 Å². The SMILES string of the molecule is Oc1ccc(F)c2c1CCNC2. The second-order valence-corrected chi connectivity index (χ2v) is 2.95. The topological polar surface area (TPSA) is 32.3 Å². The first-order valence-electron chi connectivity index (χ1n) is 3.99. The number of phenolic OH excluding ortho intramolecular Hbond substituents is 1. The molecule has 1 heterocycles. The second kappa shape index (κ2) is 2.75. The molecule has 1 aromatic carbocycles. The van der Waals surface area contributed by atoms with Gasteiger partial charge in [0.15, 0.2) is 0 Å². The number of fused-ring (bicyclic) bond motifs is 1. The van der Waals surface area contributed by atoms with E-state index in [1.165, 1.54) is 12.1 Å². The van der Waals surface area contributed by atoms with Crippen molar-refractivity contribution in [1.82, 2.24) is 5.32 Å². The van der Waals surface area contributed by atoms with Gasteiger partial charge in [0.1, 0.15) is 11.6 Å². The fourth-order valence-electron chi connectivity index (χ4n) is 1.55. The Morgan fingerprint density at radius 1 is 1.33 bits per heavy atom. The molecule has 64 valence electrons. The molecule has 0 aliphatic carbocycles. The average Bonchev–Trinajstić information content (AvgIpc) is 2.12. The third-order valence-electron chi connectivity index (χ3n) is 2.20. The van der Waals surface area contributed by atoms with Gasteiger partial charge in [0.2, 0.25) is 0 Å². The highest BCUT2D eigenvalue weighted by atomic mass is 19.1. The van der Waals surface area contributed by atoms with Gasteiger partial charge < -0.3 is 10.4 Å². The summed E-state index contributed by atoms with van der Waals surface area (Å²) in [4.78, 5) is 0. The zero-order valence-corrected chi connectivity index (χ0v) is 6.60. The van der Waals surface area contributed by atoms with Crippen LogP contribution in [0, 0.1) is 5.82 Å². The fourth-order valence-corrected chi connectivity index (χ4v) is 1.55. The van der Waals surface area contributed by atoms with Crippen LogP contribution in [0.2, 0.25) is 0 Å². The van der Waals surface area contributed by atoms with E-state index in [4.69, 9.17) is 0 Å². The minimum Gasteiger partial charge on any atom is -0.508 e. The number of aromatic hydroxyl groups is 1. The van der Waals surface area contributed by atoms with Gasteiger partial charge in [-0.2, -0.15) is 0 Å². The van der Waals surface area contributed by atoms with Crippen LogP contribution in [0.5, 0.6) is 5.75 Å². The molecule has 2 N–H and O–H groups in total. The van der Waals surface area contributed by atoms with Crippen LogP contribution in [0.3, 0.4) is 0 Å². The Hall–Kier alpha value is -1.09. The van der Waals surface area contributed by atoms with Crippen molar-refractivity contribution in [1.29, 1.82) is 0 Å². The third-order valence-corrected chi connectivity index (χ3v) is 2.20. The monoisotopic (exact) mass is 167 g/mol. The molecule has 1 aliphatic heterocycles. The molecule has 0 saturated heterocycles. The smallest absolute Gasteiger partial charge is 0.128 e. The first kappa shape index (κ1) is 7.55. The molecule has 0 radical (unpaired) electrons. The highest BCUT2D eigenvalue weighted by molar-refractivity contribution is 5.41. The van der Waals surface area contributed by atoms with E-state index in [2.05, 4.69) is 5.32 Å². The number of rotatable bonds is 0. The fraction of sp³-hybridized carbons (Fsp3) is 0.333. The van der Waals surface area contributed by atoms with Crippen LogP contribution in [0.15, 0.2) is 12.1 Å². The summed E-state index contributed by atoms with van der Waals surface area (Å²) < 4.78 is 13.1. The summed E-state index contributed by atoms with van der Waals surface area (Å²) in [5, 5.41) is 12.4. The Morgan fingerprint density at radius 2 is 2.17 bits per heavy atom. The zero-order chi connectivity index (χ0) is 8.55. The Bertz CT molecular complexity index is 281. The molecule has 0 bridgehead atoms. The van der Waals surface area contributed by atoms with Gasteiger partial charge in [-0.05, 0) is 25.1 Å². The van der Waals surface area contributed by atoms with Gasteiger partial charge in [-0.3, -0.25) is 0 Å². The van der Waals surface area contributed by atoms with E-state index in [0.717, 1.165) is 12.1 Å². The van der Waals surface area contributed by atoms with Crippen LogP contribution in [-0.4, -0.2) is 11.7 Å². The summed E-state index contributed by atoms with van der Waals surface area (Å²) >= 11 is 0. The molecular weight excluding hydrogens is 157 g/mol. The predicted molar refractivity (Wildman–Crippen MR) is 43.5 cm³/mol. The summed E-state index contributed by atoms with van der Waals surface area (Å²) in [7, 11) is 0. The van der Waals surface area contributed by atoms with E-state index in [9.17, 15) is 9.50 Å². The number of hydrogen-bond donors (Lipinski definition) is 2. The van der Waals surface area contributed by atoms with E-state index in [1.54, 1.807) is 0 Å². The van der Waals surface area contributed by atoms with E-state index < -0.39 is 0 Å². The molecule has 12 heavy (non-hydrogen) atoms. The normalized spacial score (nSPS) is 15.8. The second-order valence-electron chi connectivity index (χ2n) is 2.95. The van der Waals surface area contributed by atoms with Crippen LogP contribution >= 0.6 is 0 Å². The minimum absolute atomic E-state index is 0.216. The molecule has 0 fully saturated rings. The first-order chi connectivity index (χ1) is 5.79. The Kier molecular flexibility index (Phi) is 1.73. The number of hydrogen-bond acceptors (Lipinski definition) is 2. The predicted octanol–water partition coefficient (Wildman–Crippen LogP) is 1.18. The number of phenols is 1. The highest BCUT2D eigenvalue weighted by Crippen LogP contribution is 2.25. The lowest BCUT2D eigenvalue weighted by Gasteiger charge is -2.18. The number of halogens is 1. The molecular formula is C9H10FNO. The zero-order valence-electron chi connectivity index (χ0n) is 6.60.